The summed E-state index contributed by atoms with van der Waals surface area (Å²) < 4.78 is 10.7. The van der Waals surface area contributed by atoms with Crippen molar-refractivity contribution in [2.24, 2.45) is 0 Å². The minimum Gasteiger partial charge on any atom is -0.464 e. The molecule has 114 valence electrons. The van der Waals surface area contributed by atoms with Gasteiger partial charge in [0.05, 0.1) is 6.26 Å². The number of amides is 1. The van der Waals surface area contributed by atoms with Gasteiger partial charge < -0.3 is 14.1 Å². The number of likely N-dealkylation sites (N-methyl/N-ethyl adjacent to an activating group) is 1. The number of hydrogen-bond acceptors (Lipinski definition) is 3. The van der Waals surface area contributed by atoms with E-state index in [-0.39, 0.29) is 12.1 Å². The molecule has 0 spiro atoms. The third-order valence-electron chi connectivity index (χ3n) is 3.39. The summed E-state index contributed by atoms with van der Waals surface area (Å²) in [5.41, 5.74) is 1.58. The minimum absolute atomic E-state index is 0.0594. The predicted molar refractivity (Wildman–Crippen MR) is 83.4 cm³/mol. The number of carbonyl (C=O) groups excluding carboxylic acids is 1. The summed E-state index contributed by atoms with van der Waals surface area (Å²) in [5.74, 6) is 0. The maximum atomic E-state index is 12.1. The monoisotopic (exact) mass is 289 g/mol. The van der Waals surface area contributed by atoms with Crippen LogP contribution in [0.25, 0.3) is 11.0 Å². The van der Waals surface area contributed by atoms with Crippen LogP contribution < -0.4 is 0 Å². The molecule has 0 aliphatic heterocycles. The van der Waals surface area contributed by atoms with Gasteiger partial charge >= 0.3 is 6.09 Å². The van der Waals surface area contributed by atoms with Gasteiger partial charge in [0.25, 0.3) is 0 Å². The van der Waals surface area contributed by atoms with Crippen LogP contribution in [0.15, 0.2) is 34.9 Å². The topological polar surface area (TPSA) is 42.7 Å². The molecule has 0 radical (unpaired) electrons. The Labute approximate surface area is 125 Å². The van der Waals surface area contributed by atoms with E-state index in [1.54, 1.807) is 18.2 Å². The number of carbonyl (C=O) groups is 1. The third kappa shape index (κ3) is 4.00. The minimum atomic E-state index is -0.471. The van der Waals surface area contributed by atoms with Crippen LogP contribution >= 0.6 is 0 Å². The number of rotatable bonds is 3. The zero-order valence-corrected chi connectivity index (χ0v) is 13.3. The molecule has 2 rings (SSSR count). The molecule has 4 heteroatoms. The van der Waals surface area contributed by atoms with E-state index < -0.39 is 5.60 Å². The Balaban J connectivity index is 2.02. The standard InChI is InChI=1S/C17H23NO3/c1-12(18(5)16(19)21-17(2,3)4)10-13-6-7-15-14(11-13)8-9-20-15/h6-9,11-12H,10H2,1-5H3/t12-/m0/s1. The molecular weight excluding hydrogens is 266 g/mol. The van der Waals surface area contributed by atoms with Crippen molar-refractivity contribution in [3.63, 3.8) is 0 Å². The fourth-order valence-electron chi connectivity index (χ4n) is 2.14. The fourth-order valence-corrected chi connectivity index (χ4v) is 2.14. The average Bonchev–Trinajstić information content (AvgIpc) is 2.83. The van der Waals surface area contributed by atoms with Crippen LogP contribution in [0.4, 0.5) is 4.79 Å². The van der Waals surface area contributed by atoms with E-state index in [1.807, 2.05) is 45.9 Å². The van der Waals surface area contributed by atoms with Crippen LogP contribution in [0.3, 0.4) is 0 Å². The number of benzene rings is 1. The Morgan fingerprint density at radius 3 is 2.71 bits per heavy atom. The quantitative estimate of drug-likeness (QED) is 0.849. The first kappa shape index (κ1) is 15.4. The lowest BCUT2D eigenvalue weighted by Gasteiger charge is -2.28. The van der Waals surface area contributed by atoms with Gasteiger partial charge in [-0.2, -0.15) is 0 Å². The number of hydrogen-bond donors (Lipinski definition) is 0. The SMILES string of the molecule is C[C@@H](Cc1ccc2occc2c1)N(C)C(=O)OC(C)(C)C. The molecule has 1 aromatic heterocycles. The Kier molecular flexibility index (Phi) is 4.26. The lowest BCUT2D eigenvalue weighted by Crippen LogP contribution is -2.40. The van der Waals surface area contributed by atoms with Crippen LogP contribution in [-0.2, 0) is 11.2 Å². The van der Waals surface area contributed by atoms with E-state index in [4.69, 9.17) is 9.15 Å². The normalized spacial score (nSPS) is 13.2. The molecule has 21 heavy (non-hydrogen) atoms. The van der Waals surface area contributed by atoms with Crippen LogP contribution in [-0.4, -0.2) is 29.7 Å². The molecule has 1 heterocycles. The van der Waals surface area contributed by atoms with Crippen molar-refractivity contribution in [1.29, 1.82) is 0 Å². The zero-order chi connectivity index (χ0) is 15.6. The van der Waals surface area contributed by atoms with Crippen molar-refractivity contribution in [3.05, 3.63) is 36.1 Å². The number of nitrogens with zero attached hydrogens (tertiary/aromatic N) is 1. The molecule has 2 aromatic rings. The van der Waals surface area contributed by atoms with Crippen molar-refractivity contribution in [2.75, 3.05) is 7.05 Å². The Hall–Kier alpha value is -1.97. The maximum absolute atomic E-state index is 12.1. The molecule has 0 saturated heterocycles. The molecule has 4 nitrogen and oxygen atoms in total. The molecule has 1 aromatic carbocycles. The number of fused-ring (bicyclic) bond motifs is 1. The molecule has 0 aliphatic carbocycles. The van der Waals surface area contributed by atoms with Crippen molar-refractivity contribution < 1.29 is 13.9 Å². The van der Waals surface area contributed by atoms with E-state index in [2.05, 4.69) is 6.07 Å². The highest BCUT2D eigenvalue weighted by atomic mass is 16.6. The second-order valence-electron chi connectivity index (χ2n) is 6.44. The van der Waals surface area contributed by atoms with E-state index in [0.717, 1.165) is 17.4 Å². The number of furan rings is 1. The first-order valence-electron chi connectivity index (χ1n) is 7.18. The first-order valence-corrected chi connectivity index (χ1v) is 7.18. The molecule has 0 aliphatic rings. The van der Waals surface area contributed by atoms with Gasteiger partial charge in [-0.3, -0.25) is 0 Å². The lowest BCUT2D eigenvalue weighted by atomic mass is 10.0. The Morgan fingerprint density at radius 1 is 1.33 bits per heavy atom. The van der Waals surface area contributed by atoms with Crippen LogP contribution in [0.2, 0.25) is 0 Å². The summed E-state index contributed by atoms with van der Waals surface area (Å²) in [6.07, 6.45) is 2.17. The van der Waals surface area contributed by atoms with Crippen molar-refractivity contribution in [2.45, 2.75) is 45.8 Å². The summed E-state index contributed by atoms with van der Waals surface area (Å²) in [5, 5.41) is 1.08. The highest BCUT2D eigenvalue weighted by Gasteiger charge is 2.23. The van der Waals surface area contributed by atoms with Gasteiger partial charge in [-0.05, 0) is 57.9 Å². The van der Waals surface area contributed by atoms with E-state index in [0.29, 0.717) is 0 Å². The highest BCUT2D eigenvalue weighted by molar-refractivity contribution is 5.77. The van der Waals surface area contributed by atoms with Gasteiger partial charge in [-0.25, -0.2) is 4.79 Å². The Morgan fingerprint density at radius 2 is 2.05 bits per heavy atom. The Bertz CT molecular complexity index is 624. The summed E-state index contributed by atoms with van der Waals surface area (Å²) in [7, 11) is 1.77. The van der Waals surface area contributed by atoms with Gasteiger partial charge in [0, 0.05) is 18.5 Å². The first-order chi connectivity index (χ1) is 9.76. The third-order valence-corrected chi connectivity index (χ3v) is 3.39. The van der Waals surface area contributed by atoms with Gasteiger partial charge in [-0.1, -0.05) is 6.07 Å². The average molecular weight is 289 g/mol. The molecule has 0 N–H and O–H groups in total. The fraction of sp³-hybridized carbons (Fsp3) is 0.471. The molecule has 0 fully saturated rings. The van der Waals surface area contributed by atoms with Crippen LogP contribution in [0, 0.1) is 0 Å². The van der Waals surface area contributed by atoms with E-state index in [1.165, 1.54) is 5.56 Å². The predicted octanol–water partition coefficient (Wildman–Crippen LogP) is 4.23. The lowest BCUT2D eigenvalue weighted by molar-refractivity contribution is 0.0236. The molecular formula is C17H23NO3. The number of ether oxygens (including phenoxy) is 1. The van der Waals surface area contributed by atoms with Crippen molar-refractivity contribution >= 4 is 17.1 Å². The summed E-state index contributed by atoms with van der Waals surface area (Å²) in [4.78, 5) is 13.7. The zero-order valence-electron chi connectivity index (χ0n) is 13.3. The molecule has 0 saturated carbocycles. The summed E-state index contributed by atoms with van der Waals surface area (Å²) in [6.45, 7) is 7.63. The second-order valence-corrected chi connectivity index (χ2v) is 6.44. The van der Waals surface area contributed by atoms with E-state index >= 15 is 0 Å². The highest BCUT2D eigenvalue weighted by Crippen LogP contribution is 2.19. The van der Waals surface area contributed by atoms with E-state index in [9.17, 15) is 4.79 Å². The largest absolute Gasteiger partial charge is 0.464 e. The second kappa shape index (κ2) is 5.80. The van der Waals surface area contributed by atoms with Gasteiger partial charge in [0.15, 0.2) is 0 Å². The van der Waals surface area contributed by atoms with Gasteiger partial charge in [-0.15, -0.1) is 0 Å². The summed E-state index contributed by atoms with van der Waals surface area (Å²) >= 11 is 0. The van der Waals surface area contributed by atoms with Crippen LogP contribution in [0.1, 0.15) is 33.3 Å². The molecule has 0 unspecified atom stereocenters. The molecule has 1 amide bonds. The molecule has 0 bridgehead atoms. The van der Waals surface area contributed by atoms with Gasteiger partial charge in [0.2, 0.25) is 0 Å². The van der Waals surface area contributed by atoms with Gasteiger partial charge in [0.1, 0.15) is 11.2 Å². The van der Waals surface area contributed by atoms with Crippen molar-refractivity contribution in [3.8, 4) is 0 Å². The van der Waals surface area contributed by atoms with Crippen LogP contribution in [0.5, 0.6) is 0 Å². The van der Waals surface area contributed by atoms with Crippen molar-refractivity contribution in [1.82, 2.24) is 4.90 Å². The maximum Gasteiger partial charge on any atom is 0.410 e. The smallest absolute Gasteiger partial charge is 0.410 e. The summed E-state index contributed by atoms with van der Waals surface area (Å²) in [6, 6.07) is 8.10. The molecule has 1 atom stereocenters.